The molecule has 2 aromatic carbocycles. The molecule has 3 nitrogen and oxygen atoms in total. The Morgan fingerprint density at radius 1 is 1.05 bits per heavy atom. The average molecular weight is 283 g/mol. The first-order chi connectivity index (χ1) is 10.2. The molecular weight excluding hydrogens is 269 g/mol. The highest BCUT2D eigenvalue weighted by molar-refractivity contribution is 5.81. The van der Waals surface area contributed by atoms with E-state index in [1.54, 1.807) is 30.5 Å². The Morgan fingerprint density at radius 3 is 2.57 bits per heavy atom. The number of benzene rings is 2. The highest BCUT2D eigenvalue weighted by Gasteiger charge is 2.14. The van der Waals surface area contributed by atoms with Gasteiger partial charge in [0.15, 0.2) is 0 Å². The lowest BCUT2D eigenvalue weighted by molar-refractivity contribution is 0.151. The predicted molar refractivity (Wildman–Crippen MR) is 79.6 cm³/mol. The lowest BCUT2D eigenvalue weighted by Crippen LogP contribution is -2.23. The molecule has 0 bridgehead atoms. The van der Waals surface area contributed by atoms with Crippen LogP contribution in [0.4, 0.5) is 4.39 Å². The zero-order valence-corrected chi connectivity index (χ0v) is 11.2. The Balaban J connectivity index is 1.97. The molecule has 21 heavy (non-hydrogen) atoms. The largest absolute Gasteiger partial charge is 0.386 e. The molecule has 0 aliphatic rings. The Kier molecular flexibility index (Phi) is 3.54. The van der Waals surface area contributed by atoms with E-state index in [2.05, 4.69) is 0 Å². The fourth-order valence-electron chi connectivity index (χ4n) is 2.40. The van der Waals surface area contributed by atoms with E-state index in [4.69, 9.17) is 0 Å². The molecule has 0 fully saturated rings. The van der Waals surface area contributed by atoms with Crippen molar-refractivity contribution in [1.29, 1.82) is 0 Å². The molecule has 1 aromatic heterocycles. The molecule has 0 saturated carbocycles. The van der Waals surface area contributed by atoms with Gasteiger partial charge in [-0.05, 0) is 23.6 Å². The van der Waals surface area contributed by atoms with E-state index >= 15 is 0 Å². The molecule has 0 aliphatic carbocycles. The van der Waals surface area contributed by atoms with Crippen LogP contribution in [0.1, 0.15) is 11.7 Å². The minimum atomic E-state index is -1.06. The van der Waals surface area contributed by atoms with E-state index in [9.17, 15) is 14.3 Å². The number of aromatic nitrogens is 1. The quantitative estimate of drug-likeness (QED) is 0.803. The van der Waals surface area contributed by atoms with E-state index in [0.29, 0.717) is 5.39 Å². The minimum absolute atomic E-state index is 0.0185. The van der Waals surface area contributed by atoms with Crippen LogP contribution in [0.5, 0.6) is 0 Å². The second-order valence-corrected chi connectivity index (χ2v) is 4.90. The van der Waals surface area contributed by atoms with Gasteiger partial charge in [-0.3, -0.25) is 4.79 Å². The normalized spacial score (nSPS) is 12.5. The predicted octanol–water partition coefficient (Wildman–Crippen LogP) is 2.87. The Morgan fingerprint density at radius 2 is 1.76 bits per heavy atom. The maximum Gasteiger partial charge on any atom is 0.258 e. The number of aliphatic hydroxyl groups is 1. The summed E-state index contributed by atoms with van der Waals surface area (Å²) in [5.74, 6) is -0.473. The monoisotopic (exact) mass is 283 g/mol. The molecule has 0 radical (unpaired) electrons. The maximum absolute atomic E-state index is 13.6. The first kappa shape index (κ1) is 13.5. The van der Waals surface area contributed by atoms with Gasteiger partial charge in [0.1, 0.15) is 5.82 Å². The van der Waals surface area contributed by atoms with Crippen LogP contribution in [0.25, 0.3) is 10.8 Å². The first-order valence-corrected chi connectivity index (χ1v) is 6.67. The summed E-state index contributed by atoms with van der Waals surface area (Å²) in [5, 5.41) is 11.6. The first-order valence-electron chi connectivity index (χ1n) is 6.67. The molecule has 3 aromatic rings. The fourth-order valence-corrected chi connectivity index (χ4v) is 2.40. The maximum atomic E-state index is 13.6. The SMILES string of the molecule is O=c1c2ccccc2ccn1CC(O)c1ccccc1F. The van der Waals surface area contributed by atoms with Gasteiger partial charge in [0.2, 0.25) is 0 Å². The van der Waals surface area contributed by atoms with E-state index in [1.165, 1.54) is 16.7 Å². The van der Waals surface area contributed by atoms with Gasteiger partial charge in [-0.15, -0.1) is 0 Å². The number of nitrogens with zero attached hydrogens (tertiary/aromatic N) is 1. The summed E-state index contributed by atoms with van der Waals surface area (Å²) in [7, 11) is 0. The summed E-state index contributed by atoms with van der Waals surface area (Å²) >= 11 is 0. The van der Waals surface area contributed by atoms with E-state index in [1.807, 2.05) is 18.2 Å². The minimum Gasteiger partial charge on any atom is -0.386 e. The zero-order valence-electron chi connectivity index (χ0n) is 11.2. The van der Waals surface area contributed by atoms with E-state index < -0.39 is 11.9 Å². The van der Waals surface area contributed by atoms with Crippen LogP contribution in [-0.2, 0) is 6.54 Å². The lowest BCUT2D eigenvalue weighted by atomic mass is 10.1. The Labute approximate surface area is 120 Å². The van der Waals surface area contributed by atoms with Crippen molar-refractivity contribution in [3.05, 3.63) is 82.5 Å². The van der Waals surface area contributed by atoms with Gasteiger partial charge in [-0.2, -0.15) is 0 Å². The zero-order chi connectivity index (χ0) is 14.8. The number of rotatable bonds is 3. The molecule has 4 heteroatoms. The number of pyridine rings is 1. The van der Waals surface area contributed by atoms with Crippen LogP contribution < -0.4 is 5.56 Å². The highest BCUT2D eigenvalue weighted by Crippen LogP contribution is 2.18. The summed E-state index contributed by atoms with van der Waals surface area (Å²) in [4.78, 5) is 12.3. The van der Waals surface area contributed by atoms with Crippen molar-refractivity contribution >= 4 is 10.8 Å². The topological polar surface area (TPSA) is 42.2 Å². The van der Waals surface area contributed by atoms with Crippen LogP contribution in [0.3, 0.4) is 0 Å². The molecule has 1 heterocycles. The van der Waals surface area contributed by atoms with Gasteiger partial charge in [-0.25, -0.2) is 4.39 Å². The van der Waals surface area contributed by atoms with E-state index in [0.717, 1.165) is 5.39 Å². The molecular formula is C17H14FNO2. The third-order valence-corrected chi connectivity index (χ3v) is 3.52. The second kappa shape index (κ2) is 5.50. The molecule has 1 N–H and O–H groups in total. The van der Waals surface area contributed by atoms with Crippen molar-refractivity contribution in [3.63, 3.8) is 0 Å². The van der Waals surface area contributed by atoms with Crippen molar-refractivity contribution in [2.45, 2.75) is 12.6 Å². The third-order valence-electron chi connectivity index (χ3n) is 3.52. The number of hydrogen-bond acceptors (Lipinski definition) is 2. The van der Waals surface area contributed by atoms with E-state index in [-0.39, 0.29) is 17.7 Å². The fraction of sp³-hybridized carbons (Fsp3) is 0.118. The summed E-state index contributed by atoms with van der Waals surface area (Å²) in [6, 6.07) is 15.1. The summed E-state index contributed by atoms with van der Waals surface area (Å²) in [5.41, 5.74) is 0.000970. The van der Waals surface area contributed by atoms with Crippen LogP contribution in [0, 0.1) is 5.82 Å². The highest BCUT2D eigenvalue weighted by atomic mass is 19.1. The third kappa shape index (κ3) is 2.58. The van der Waals surface area contributed by atoms with Gasteiger partial charge in [0, 0.05) is 17.1 Å². The molecule has 0 amide bonds. The van der Waals surface area contributed by atoms with Crippen molar-refractivity contribution in [3.8, 4) is 0 Å². The van der Waals surface area contributed by atoms with Gasteiger partial charge in [0.05, 0.1) is 12.6 Å². The second-order valence-electron chi connectivity index (χ2n) is 4.90. The molecule has 1 unspecified atom stereocenters. The van der Waals surface area contributed by atoms with Gasteiger partial charge < -0.3 is 9.67 Å². The summed E-state index contributed by atoms with van der Waals surface area (Å²) in [6.07, 6.45) is 0.555. The van der Waals surface area contributed by atoms with Crippen molar-refractivity contribution < 1.29 is 9.50 Å². The number of aliphatic hydroxyl groups excluding tert-OH is 1. The molecule has 1 atom stereocenters. The average Bonchev–Trinajstić information content (AvgIpc) is 2.51. The molecule has 106 valence electrons. The molecule has 3 rings (SSSR count). The standard InChI is InChI=1S/C17H14FNO2/c18-15-8-4-3-7-14(15)16(20)11-19-10-9-12-5-1-2-6-13(12)17(19)21/h1-10,16,20H,11H2. The Hall–Kier alpha value is -2.46. The number of hydrogen-bond donors (Lipinski definition) is 1. The van der Waals surface area contributed by atoms with Gasteiger partial charge >= 0.3 is 0 Å². The smallest absolute Gasteiger partial charge is 0.258 e. The lowest BCUT2D eigenvalue weighted by Gasteiger charge is -2.14. The van der Waals surface area contributed by atoms with Gasteiger partial charge in [-0.1, -0.05) is 36.4 Å². The molecule has 0 spiro atoms. The van der Waals surface area contributed by atoms with Gasteiger partial charge in [0.25, 0.3) is 5.56 Å². The molecule has 0 aliphatic heterocycles. The summed E-state index contributed by atoms with van der Waals surface area (Å²) in [6.45, 7) is 0.0185. The van der Waals surface area contributed by atoms with Crippen LogP contribution in [0.2, 0.25) is 0 Å². The molecule has 0 saturated heterocycles. The van der Waals surface area contributed by atoms with Crippen molar-refractivity contribution in [2.24, 2.45) is 0 Å². The van der Waals surface area contributed by atoms with Crippen LogP contribution in [-0.4, -0.2) is 9.67 Å². The van der Waals surface area contributed by atoms with Crippen LogP contribution >= 0.6 is 0 Å². The number of halogens is 1. The van der Waals surface area contributed by atoms with Crippen molar-refractivity contribution in [1.82, 2.24) is 4.57 Å². The van der Waals surface area contributed by atoms with Crippen LogP contribution in [0.15, 0.2) is 65.6 Å². The van der Waals surface area contributed by atoms with Crippen molar-refractivity contribution in [2.75, 3.05) is 0 Å². The summed E-state index contributed by atoms with van der Waals surface area (Å²) < 4.78 is 15.1. The number of fused-ring (bicyclic) bond motifs is 1. The Bertz CT molecular complexity index is 841.